The Hall–Kier alpha value is -1.76. The van der Waals surface area contributed by atoms with Crippen molar-refractivity contribution in [3.05, 3.63) is 33.9 Å². The van der Waals surface area contributed by atoms with Crippen molar-refractivity contribution in [2.24, 2.45) is 0 Å². The Kier molecular flexibility index (Phi) is 5.62. The maximum Gasteiger partial charge on any atom is 0.270 e. The van der Waals surface area contributed by atoms with E-state index >= 15 is 0 Å². The smallest absolute Gasteiger partial charge is 0.270 e. The molecule has 0 fully saturated rings. The Morgan fingerprint density at radius 3 is 2.68 bits per heavy atom. The molecular formula is C12H16F2N2O3. The first-order valence-electron chi connectivity index (χ1n) is 5.94. The lowest BCUT2D eigenvalue weighted by molar-refractivity contribution is -0.385. The lowest BCUT2D eigenvalue weighted by Gasteiger charge is -2.13. The molecule has 0 spiro atoms. The molecule has 1 aromatic rings. The summed E-state index contributed by atoms with van der Waals surface area (Å²) in [6.07, 6.45) is -2.26. The molecule has 1 unspecified atom stereocenters. The second kappa shape index (κ2) is 6.98. The van der Waals surface area contributed by atoms with Crippen molar-refractivity contribution in [2.75, 3.05) is 11.9 Å². The predicted molar refractivity (Wildman–Crippen MR) is 67.5 cm³/mol. The number of nitro groups is 1. The summed E-state index contributed by atoms with van der Waals surface area (Å²) in [5.41, 5.74) is -0.612. The second-order valence-electron chi connectivity index (χ2n) is 4.11. The molecule has 0 radical (unpaired) electrons. The van der Waals surface area contributed by atoms with Gasteiger partial charge in [0.1, 0.15) is 0 Å². The topological polar surface area (TPSA) is 75.4 Å². The molecule has 0 aromatic heterocycles. The van der Waals surface area contributed by atoms with Gasteiger partial charge in [0.25, 0.3) is 12.1 Å². The molecular weight excluding hydrogens is 258 g/mol. The number of alkyl halides is 2. The molecule has 1 atom stereocenters. The molecule has 1 aromatic carbocycles. The first-order valence-corrected chi connectivity index (χ1v) is 5.94. The minimum Gasteiger partial charge on any atom is -0.393 e. The summed E-state index contributed by atoms with van der Waals surface area (Å²) < 4.78 is 25.6. The minimum atomic E-state index is -2.79. The summed E-state index contributed by atoms with van der Waals surface area (Å²) in [6, 6.07) is 3.30. The Morgan fingerprint density at radius 1 is 1.47 bits per heavy atom. The number of nitrogens with one attached hydrogen (secondary N) is 1. The normalized spacial score (nSPS) is 12.5. The summed E-state index contributed by atoms with van der Waals surface area (Å²) in [4.78, 5) is 9.82. The number of hydrogen-bond acceptors (Lipinski definition) is 4. The van der Waals surface area contributed by atoms with Crippen molar-refractivity contribution < 1.29 is 18.8 Å². The average molecular weight is 274 g/mol. The van der Waals surface area contributed by atoms with Gasteiger partial charge in [-0.1, -0.05) is 6.92 Å². The van der Waals surface area contributed by atoms with Crippen molar-refractivity contribution in [2.45, 2.75) is 32.3 Å². The number of non-ortho nitro benzene ring substituents is 1. The number of nitrogens with zero attached hydrogens (tertiary/aromatic N) is 1. The van der Waals surface area contributed by atoms with Crippen LogP contribution >= 0.6 is 0 Å². The van der Waals surface area contributed by atoms with Crippen molar-refractivity contribution in [1.29, 1.82) is 0 Å². The summed E-state index contributed by atoms with van der Waals surface area (Å²) in [5.74, 6) is 0. The lowest BCUT2D eigenvalue weighted by Crippen LogP contribution is -2.13. The molecule has 19 heavy (non-hydrogen) atoms. The molecule has 0 aliphatic rings. The Morgan fingerprint density at radius 2 is 2.16 bits per heavy atom. The van der Waals surface area contributed by atoms with E-state index in [9.17, 15) is 24.0 Å². The van der Waals surface area contributed by atoms with Gasteiger partial charge in [-0.25, -0.2) is 8.78 Å². The third kappa shape index (κ3) is 4.44. The Balaban J connectivity index is 2.79. The number of rotatable bonds is 7. The summed E-state index contributed by atoms with van der Waals surface area (Å²) in [7, 11) is 0. The quantitative estimate of drug-likeness (QED) is 0.591. The number of aliphatic hydroxyl groups excluding tert-OH is 1. The van der Waals surface area contributed by atoms with E-state index in [1.165, 1.54) is 12.1 Å². The van der Waals surface area contributed by atoms with E-state index in [1.807, 2.05) is 6.92 Å². The van der Waals surface area contributed by atoms with E-state index in [4.69, 9.17) is 0 Å². The van der Waals surface area contributed by atoms with Crippen molar-refractivity contribution in [3.63, 3.8) is 0 Å². The first kappa shape index (κ1) is 15.3. The fraction of sp³-hybridized carbons (Fsp3) is 0.500. The third-order valence-electron chi connectivity index (χ3n) is 2.75. The summed E-state index contributed by atoms with van der Waals surface area (Å²) in [6.45, 7) is 2.15. The van der Waals surface area contributed by atoms with Crippen LogP contribution in [-0.2, 0) is 0 Å². The molecule has 0 saturated carbocycles. The van der Waals surface area contributed by atoms with Gasteiger partial charge in [-0.3, -0.25) is 10.1 Å². The maximum absolute atomic E-state index is 12.8. The molecule has 0 heterocycles. The number of nitro benzene ring substituents is 1. The van der Waals surface area contributed by atoms with Crippen molar-refractivity contribution in [3.8, 4) is 0 Å². The fourth-order valence-electron chi connectivity index (χ4n) is 1.58. The van der Waals surface area contributed by atoms with Crippen LogP contribution < -0.4 is 5.32 Å². The minimum absolute atomic E-state index is 0.156. The van der Waals surface area contributed by atoms with E-state index in [2.05, 4.69) is 5.32 Å². The molecule has 0 saturated heterocycles. The SMILES string of the molecule is CCC(O)CCNc1ccc([N+](=O)[O-])cc1C(F)F. The highest BCUT2D eigenvalue weighted by atomic mass is 19.3. The van der Waals surface area contributed by atoms with Crippen LogP contribution in [0.4, 0.5) is 20.2 Å². The Labute approximate surface area is 109 Å². The molecule has 0 aliphatic carbocycles. The van der Waals surface area contributed by atoms with Crippen LogP contribution in [0.25, 0.3) is 0 Å². The fourth-order valence-corrected chi connectivity index (χ4v) is 1.58. The van der Waals surface area contributed by atoms with E-state index in [1.54, 1.807) is 0 Å². The highest BCUT2D eigenvalue weighted by molar-refractivity contribution is 5.56. The van der Waals surface area contributed by atoms with Gasteiger partial charge in [-0.2, -0.15) is 0 Å². The van der Waals surface area contributed by atoms with E-state index in [-0.39, 0.29) is 11.4 Å². The molecule has 0 amide bonds. The number of hydrogen-bond donors (Lipinski definition) is 2. The standard InChI is InChI=1S/C12H16F2N2O3/c1-2-9(17)5-6-15-11-4-3-8(16(18)19)7-10(11)12(13)14/h3-4,7,9,12,15,17H,2,5-6H2,1H3. The molecule has 0 aliphatic heterocycles. The van der Waals surface area contributed by atoms with Crippen LogP contribution in [0.5, 0.6) is 0 Å². The third-order valence-corrected chi connectivity index (χ3v) is 2.75. The molecule has 106 valence electrons. The van der Waals surface area contributed by atoms with Gasteiger partial charge in [-0.05, 0) is 18.9 Å². The van der Waals surface area contributed by atoms with Gasteiger partial charge in [-0.15, -0.1) is 0 Å². The van der Waals surface area contributed by atoms with E-state index in [0.29, 0.717) is 19.4 Å². The zero-order valence-electron chi connectivity index (χ0n) is 10.5. The van der Waals surface area contributed by atoms with E-state index < -0.39 is 23.0 Å². The van der Waals surface area contributed by atoms with Gasteiger partial charge in [0.15, 0.2) is 0 Å². The van der Waals surface area contributed by atoms with Crippen molar-refractivity contribution in [1.82, 2.24) is 0 Å². The highest BCUT2D eigenvalue weighted by Crippen LogP contribution is 2.30. The largest absolute Gasteiger partial charge is 0.393 e. The molecule has 5 nitrogen and oxygen atoms in total. The van der Waals surface area contributed by atoms with E-state index in [0.717, 1.165) is 6.07 Å². The van der Waals surface area contributed by atoms with Crippen LogP contribution in [0.3, 0.4) is 0 Å². The molecule has 1 rings (SSSR count). The molecule has 2 N–H and O–H groups in total. The van der Waals surface area contributed by atoms with Crippen LogP contribution in [0.2, 0.25) is 0 Å². The molecule has 7 heteroatoms. The average Bonchev–Trinajstić information content (AvgIpc) is 2.38. The van der Waals surface area contributed by atoms with Gasteiger partial charge in [0, 0.05) is 29.9 Å². The summed E-state index contributed by atoms with van der Waals surface area (Å²) in [5, 5.41) is 22.7. The van der Waals surface area contributed by atoms with Crippen molar-refractivity contribution >= 4 is 11.4 Å². The summed E-state index contributed by atoms with van der Waals surface area (Å²) >= 11 is 0. The van der Waals surface area contributed by atoms with Gasteiger partial charge < -0.3 is 10.4 Å². The maximum atomic E-state index is 12.8. The van der Waals surface area contributed by atoms with Crippen LogP contribution in [0.1, 0.15) is 31.8 Å². The predicted octanol–water partition coefficient (Wildman–Crippen LogP) is 3.11. The van der Waals surface area contributed by atoms with Crippen LogP contribution in [0, 0.1) is 10.1 Å². The first-order chi connectivity index (χ1) is 8.95. The van der Waals surface area contributed by atoms with Gasteiger partial charge >= 0.3 is 0 Å². The lowest BCUT2D eigenvalue weighted by atomic mass is 10.1. The molecule has 0 bridgehead atoms. The van der Waals surface area contributed by atoms with Gasteiger partial charge in [0.05, 0.1) is 11.0 Å². The highest BCUT2D eigenvalue weighted by Gasteiger charge is 2.17. The zero-order valence-corrected chi connectivity index (χ0v) is 10.5. The Bertz CT molecular complexity index is 441. The monoisotopic (exact) mass is 274 g/mol. The van der Waals surface area contributed by atoms with Crippen LogP contribution in [-0.4, -0.2) is 22.7 Å². The number of aliphatic hydroxyl groups is 1. The number of anilines is 1. The second-order valence-corrected chi connectivity index (χ2v) is 4.11. The van der Waals surface area contributed by atoms with Crippen LogP contribution in [0.15, 0.2) is 18.2 Å². The zero-order chi connectivity index (χ0) is 14.4. The van der Waals surface area contributed by atoms with Gasteiger partial charge in [0.2, 0.25) is 0 Å². The number of benzene rings is 1. The number of halogens is 2.